The van der Waals surface area contributed by atoms with Crippen LogP contribution >= 0.6 is 35.6 Å². The Bertz CT molecular complexity index is 297. The third-order valence-corrected chi connectivity index (χ3v) is 2.38. The van der Waals surface area contributed by atoms with Gasteiger partial charge in [-0.25, -0.2) is 0 Å². The molecule has 0 bridgehead atoms. The molecule has 0 aliphatic heterocycles. The highest BCUT2D eigenvalue weighted by Crippen LogP contribution is 2.26. The highest BCUT2D eigenvalue weighted by molar-refractivity contribution is 6.34. The Balaban J connectivity index is 0.00000196. The van der Waals surface area contributed by atoms with Crippen molar-refractivity contribution in [2.75, 3.05) is 7.11 Å². The minimum atomic E-state index is -0.175. The van der Waals surface area contributed by atoms with Crippen LogP contribution in [0.4, 0.5) is 0 Å². The summed E-state index contributed by atoms with van der Waals surface area (Å²) in [6.07, 6.45) is -0.175. The van der Waals surface area contributed by atoms with E-state index in [-0.39, 0.29) is 24.6 Å². The zero-order chi connectivity index (χ0) is 10.7. The standard InChI is InChI=1S/C10H13Cl2NO.ClH/c1-6(13)10(14-2)7-3-8(11)5-9(12)4-7;/h3-6,10H,13H2,1-2H3;1H. The van der Waals surface area contributed by atoms with E-state index in [9.17, 15) is 0 Å². The van der Waals surface area contributed by atoms with Crippen LogP contribution in [0.25, 0.3) is 0 Å². The molecule has 2 atom stereocenters. The van der Waals surface area contributed by atoms with Crippen molar-refractivity contribution in [3.8, 4) is 0 Å². The molecular formula is C10H14Cl3NO. The minimum Gasteiger partial charge on any atom is -0.375 e. The van der Waals surface area contributed by atoms with Gasteiger partial charge in [-0.15, -0.1) is 12.4 Å². The molecule has 0 heterocycles. The van der Waals surface area contributed by atoms with Crippen LogP contribution in [0.15, 0.2) is 18.2 Å². The summed E-state index contributed by atoms with van der Waals surface area (Å²) in [7, 11) is 1.61. The van der Waals surface area contributed by atoms with Gasteiger partial charge in [0.15, 0.2) is 0 Å². The van der Waals surface area contributed by atoms with Gasteiger partial charge < -0.3 is 10.5 Å². The fourth-order valence-electron chi connectivity index (χ4n) is 1.39. The molecule has 1 rings (SSSR count). The molecule has 2 nitrogen and oxygen atoms in total. The van der Waals surface area contributed by atoms with Gasteiger partial charge in [-0.1, -0.05) is 23.2 Å². The summed E-state index contributed by atoms with van der Waals surface area (Å²) in [5, 5.41) is 1.19. The van der Waals surface area contributed by atoms with E-state index in [0.717, 1.165) is 5.56 Å². The third kappa shape index (κ3) is 4.17. The Hall–Kier alpha value is 0.01000. The van der Waals surface area contributed by atoms with Crippen LogP contribution in [0.1, 0.15) is 18.6 Å². The number of benzene rings is 1. The maximum Gasteiger partial charge on any atom is 0.0970 e. The van der Waals surface area contributed by atoms with E-state index >= 15 is 0 Å². The minimum absolute atomic E-state index is 0. The zero-order valence-corrected chi connectivity index (χ0v) is 10.9. The Morgan fingerprint density at radius 1 is 1.20 bits per heavy atom. The lowest BCUT2D eigenvalue weighted by Crippen LogP contribution is -2.26. The van der Waals surface area contributed by atoms with Crippen LogP contribution in [0.2, 0.25) is 10.0 Å². The molecule has 0 aliphatic rings. The fraction of sp³-hybridized carbons (Fsp3) is 0.400. The monoisotopic (exact) mass is 269 g/mol. The van der Waals surface area contributed by atoms with Crippen LogP contribution < -0.4 is 5.73 Å². The lowest BCUT2D eigenvalue weighted by atomic mass is 10.0. The van der Waals surface area contributed by atoms with Gasteiger partial charge in [-0.05, 0) is 30.7 Å². The van der Waals surface area contributed by atoms with Gasteiger partial charge in [0.2, 0.25) is 0 Å². The topological polar surface area (TPSA) is 35.2 Å². The molecule has 0 aromatic heterocycles. The van der Waals surface area contributed by atoms with Crippen molar-refractivity contribution in [3.05, 3.63) is 33.8 Å². The number of halogens is 3. The first-order chi connectivity index (χ1) is 6.54. The first-order valence-corrected chi connectivity index (χ1v) is 5.04. The van der Waals surface area contributed by atoms with Crippen molar-refractivity contribution in [2.24, 2.45) is 5.73 Å². The normalized spacial score (nSPS) is 14.2. The van der Waals surface area contributed by atoms with Crippen LogP contribution in [0, 0.1) is 0 Å². The lowest BCUT2D eigenvalue weighted by molar-refractivity contribution is 0.0854. The number of rotatable bonds is 3. The summed E-state index contributed by atoms with van der Waals surface area (Å²) in [6, 6.07) is 5.20. The van der Waals surface area contributed by atoms with E-state index in [2.05, 4.69) is 0 Å². The van der Waals surface area contributed by atoms with Crippen LogP contribution in [0.3, 0.4) is 0 Å². The molecule has 0 fully saturated rings. The summed E-state index contributed by atoms with van der Waals surface area (Å²) in [6.45, 7) is 1.88. The Labute approximate surface area is 106 Å². The maximum absolute atomic E-state index is 5.88. The van der Waals surface area contributed by atoms with Crippen molar-refractivity contribution < 1.29 is 4.74 Å². The van der Waals surface area contributed by atoms with Crippen LogP contribution in [0.5, 0.6) is 0 Å². The van der Waals surface area contributed by atoms with Crippen molar-refractivity contribution in [2.45, 2.75) is 19.1 Å². The quantitative estimate of drug-likeness (QED) is 0.913. The number of ether oxygens (including phenoxy) is 1. The maximum atomic E-state index is 5.88. The van der Waals surface area contributed by atoms with E-state index in [4.69, 9.17) is 33.7 Å². The summed E-state index contributed by atoms with van der Waals surface area (Å²) in [4.78, 5) is 0. The molecule has 2 N–H and O–H groups in total. The van der Waals surface area contributed by atoms with Crippen LogP contribution in [-0.4, -0.2) is 13.2 Å². The van der Waals surface area contributed by atoms with Gasteiger partial charge in [0.05, 0.1) is 6.10 Å². The molecular weight excluding hydrogens is 256 g/mol. The first-order valence-electron chi connectivity index (χ1n) is 4.29. The van der Waals surface area contributed by atoms with Crippen molar-refractivity contribution >= 4 is 35.6 Å². The average molecular weight is 271 g/mol. The summed E-state index contributed by atoms with van der Waals surface area (Å²) >= 11 is 11.8. The van der Waals surface area contributed by atoms with Gasteiger partial charge in [0.25, 0.3) is 0 Å². The van der Waals surface area contributed by atoms with E-state index in [0.29, 0.717) is 10.0 Å². The van der Waals surface area contributed by atoms with Crippen LogP contribution in [-0.2, 0) is 4.74 Å². The average Bonchev–Trinajstić information content (AvgIpc) is 2.02. The first kappa shape index (κ1) is 15.0. The second kappa shape index (κ2) is 6.56. The molecule has 1 aromatic carbocycles. The van der Waals surface area contributed by atoms with Gasteiger partial charge >= 0.3 is 0 Å². The van der Waals surface area contributed by atoms with E-state index in [1.54, 1.807) is 13.2 Å². The predicted octanol–water partition coefficient (Wildman–Crippen LogP) is 3.45. The largest absolute Gasteiger partial charge is 0.375 e. The molecule has 0 saturated carbocycles. The number of hydrogen-bond acceptors (Lipinski definition) is 2. The summed E-state index contributed by atoms with van der Waals surface area (Å²) in [5.41, 5.74) is 6.67. The molecule has 0 amide bonds. The molecule has 15 heavy (non-hydrogen) atoms. The van der Waals surface area contributed by atoms with Crippen molar-refractivity contribution in [3.63, 3.8) is 0 Å². The molecule has 1 aromatic rings. The summed E-state index contributed by atoms with van der Waals surface area (Å²) < 4.78 is 5.27. The second-order valence-electron chi connectivity index (χ2n) is 3.22. The Kier molecular flexibility index (Phi) is 6.57. The molecule has 5 heteroatoms. The van der Waals surface area contributed by atoms with Gasteiger partial charge in [0.1, 0.15) is 0 Å². The molecule has 0 aliphatic carbocycles. The third-order valence-electron chi connectivity index (χ3n) is 1.94. The number of nitrogens with two attached hydrogens (primary N) is 1. The molecule has 0 radical (unpaired) electrons. The number of hydrogen-bond donors (Lipinski definition) is 1. The van der Waals surface area contributed by atoms with Gasteiger partial charge in [-0.3, -0.25) is 0 Å². The molecule has 86 valence electrons. The van der Waals surface area contributed by atoms with Gasteiger partial charge in [0, 0.05) is 23.2 Å². The van der Waals surface area contributed by atoms with E-state index in [1.807, 2.05) is 19.1 Å². The zero-order valence-electron chi connectivity index (χ0n) is 8.54. The smallest absolute Gasteiger partial charge is 0.0970 e. The predicted molar refractivity (Wildman–Crippen MR) is 67.1 cm³/mol. The van der Waals surface area contributed by atoms with Crippen molar-refractivity contribution in [1.29, 1.82) is 0 Å². The SMILES string of the molecule is COC(c1cc(Cl)cc(Cl)c1)C(C)N.Cl. The van der Waals surface area contributed by atoms with Crippen molar-refractivity contribution in [1.82, 2.24) is 0 Å². The highest BCUT2D eigenvalue weighted by Gasteiger charge is 2.16. The van der Waals surface area contributed by atoms with Gasteiger partial charge in [-0.2, -0.15) is 0 Å². The lowest BCUT2D eigenvalue weighted by Gasteiger charge is -2.19. The van der Waals surface area contributed by atoms with E-state index < -0.39 is 0 Å². The summed E-state index contributed by atoms with van der Waals surface area (Å²) in [5.74, 6) is 0. The van der Waals surface area contributed by atoms with E-state index in [1.165, 1.54) is 0 Å². The Morgan fingerprint density at radius 3 is 2.00 bits per heavy atom. The highest BCUT2D eigenvalue weighted by atomic mass is 35.5. The fourth-order valence-corrected chi connectivity index (χ4v) is 1.94. The second-order valence-corrected chi connectivity index (χ2v) is 4.09. The Morgan fingerprint density at radius 2 is 1.67 bits per heavy atom. The molecule has 0 saturated heterocycles. The molecule has 0 spiro atoms. The molecule has 2 unspecified atom stereocenters. The number of methoxy groups -OCH3 is 1.